The van der Waals surface area contributed by atoms with Crippen LogP contribution in [0.1, 0.15) is 43.6 Å². The van der Waals surface area contributed by atoms with Gasteiger partial charge >= 0.3 is 0 Å². The predicted octanol–water partition coefficient (Wildman–Crippen LogP) is 3.89. The summed E-state index contributed by atoms with van der Waals surface area (Å²) in [6.45, 7) is 7.26. The van der Waals surface area contributed by atoms with Crippen LogP contribution in [0.5, 0.6) is 5.75 Å². The second kappa shape index (κ2) is 7.20. The largest absolute Gasteiger partial charge is 0.497 e. The van der Waals surface area contributed by atoms with Gasteiger partial charge in [0, 0.05) is 17.7 Å². The van der Waals surface area contributed by atoms with Crippen molar-refractivity contribution >= 4 is 28.9 Å². The Balaban J connectivity index is 2.06. The van der Waals surface area contributed by atoms with E-state index >= 15 is 0 Å². The maximum atomic E-state index is 12.9. The number of benzene rings is 2. The molecule has 3 rings (SSSR count). The fourth-order valence-corrected chi connectivity index (χ4v) is 3.50. The monoisotopic (exact) mass is 397 g/mol. The molecule has 0 aliphatic carbocycles. The van der Waals surface area contributed by atoms with Crippen LogP contribution in [0.3, 0.4) is 0 Å². The van der Waals surface area contributed by atoms with Crippen molar-refractivity contribution in [2.24, 2.45) is 0 Å². The molecule has 29 heavy (non-hydrogen) atoms. The third-order valence-corrected chi connectivity index (χ3v) is 5.11. The van der Waals surface area contributed by atoms with E-state index in [0.29, 0.717) is 22.6 Å². The van der Waals surface area contributed by atoms with Gasteiger partial charge in [0.05, 0.1) is 23.1 Å². The number of methoxy groups -OCH3 is 1. The molecule has 1 aliphatic heterocycles. The van der Waals surface area contributed by atoms with Gasteiger partial charge in [-0.25, -0.2) is 0 Å². The number of nitro benzene ring substituents is 1. The lowest BCUT2D eigenvalue weighted by Gasteiger charge is -2.23. The van der Waals surface area contributed by atoms with Crippen LogP contribution in [0.25, 0.3) is 0 Å². The average Bonchev–Trinajstić information content (AvgIpc) is 2.87. The maximum absolute atomic E-state index is 12.9. The highest BCUT2D eigenvalue weighted by molar-refractivity contribution is 6.10. The van der Waals surface area contributed by atoms with E-state index in [2.05, 4.69) is 5.32 Å². The van der Waals surface area contributed by atoms with Gasteiger partial charge in [0.25, 0.3) is 11.6 Å². The molecule has 0 fully saturated rings. The number of amides is 2. The Morgan fingerprint density at radius 3 is 2.34 bits per heavy atom. The fraction of sp³-hybridized carbons (Fsp3) is 0.333. The standard InChI is InChI=1S/C21H23N3O5/c1-12(2)23-17-11-18(24(27)28)16(10-15(17)21(3,4)20(23)26)22-19(25)13-6-8-14(29-5)9-7-13/h6-12H,1-5H3,(H,22,25). The first-order valence-electron chi connectivity index (χ1n) is 9.20. The number of nitrogens with one attached hydrogen (secondary N) is 1. The quantitative estimate of drug-likeness (QED) is 0.609. The van der Waals surface area contributed by atoms with Crippen LogP contribution in [-0.4, -0.2) is 29.9 Å². The van der Waals surface area contributed by atoms with E-state index in [-0.39, 0.29) is 23.3 Å². The first kappa shape index (κ1) is 20.3. The number of anilines is 2. The van der Waals surface area contributed by atoms with Gasteiger partial charge in [-0.3, -0.25) is 19.7 Å². The molecule has 0 saturated carbocycles. The van der Waals surface area contributed by atoms with Gasteiger partial charge in [0.1, 0.15) is 11.4 Å². The normalized spacial score (nSPS) is 14.7. The number of nitro groups is 1. The molecule has 2 aromatic carbocycles. The third-order valence-electron chi connectivity index (χ3n) is 5.11. The van der Waals surface area contributed by atoms with E-state index in [0.717, 1.165) is 0 Å². The number of rotatable bonds is 5. The number of carbonyl (C=O) groups is 2. The van der Waals surface area contributed by atoms with Gasteiger partial charge in [0.15, 0.2) is 0 Å². The lowest BCUT2D eigenvalue weighted by Crippen LogP contribution is -2.40. The summed E-state index contributed by atoms with van der Waals surface area (Å²) >= 11 is 0. The number of hydrogen-bond donors (Lipinski definition) is 1. The van der Waals surface area contributed by atoms with Gasteiger partial charge in [-0.05, 0) is 63.6 Å². The van der Waals surface area contributed by atoms with Crippen molar-refractivity contribution in [2.75, 3.05) is 17.3 Å². The van der Waals surface area contributed by atoms with Gasteiger partial charge in [-0.1, -0.05) is 0 Å². The lowest BCUT2D eigenvalue weighted by atomic mass is 9.85. The molecule has 0 aromatic heterocycles. The Bertz CT molecular complexity index is 996. The van der Waals surface area contributed by atoms with Crippen molar-refractivity contribution in [1.82, 2.24) is 0 Å². The zero-order valence-corrected chi connectivity index (χ0v) is 17.0. The summed E-state index contributed by atoms with van der Waals surface area (Å²) in [4.78, 5) is 38.2. The molecule has 1 N–H and O–H groups in total. The average molecular weight is 397 g/mol. The molecule has 8 nitrogen and oxygen atoms in total. The molecule has 2 aromatic rings. The highest BCUT2D eigenvalue weighted by atomic mass is 16.6. The number of hydrogen-bond acceptors (Lipinski definition) is 5. The SMILES string of the molecule is COc1ccc(C(=O)Nc2cc3c(cc2[N+](=O)[O-])N(C(C)C)C(=O)C3(C)C)cc1. The molecule has 0 atom stereocenters. The zero-order chi connectivity index (χ0) is 21.5. The fourth-order valence-electron chi connectivity index (χ4n) is 3.50. The summed E-state index contributed by atoms with van der Waals surface area (Å²) in [5.74, 6) is -0.0203. The molecule has 152 valence electrons. The van der Waals surface area contributed by atoms with E-state index in [1.54, 1.807) is 43.0 Å². The highest BCUT2D eigenvalue weighted by Crippen LogP contribution is 2.46. The molecule has 8 heteroatoms. The van der Waals surface area contributed by atoms with Crippen molar-refractivity contribution in [3.05, 3.63) is 57.6 Å². The molecule has 1 aliphatic rings. The molecule has 0 saturated heterocycles. The van der Waals surface area contributed by atoms with E-state index in [9.17, 15) is 19.7 Å². The summed E-state index contributed by atoms with van der Waals surface area (Å²) in [7, 11) is 1.52. The predicted molar refractivity (Wildman–Crippen MR) is 110 cm³/mol. The topological polar surface area (TPSA) is 102 Å². The van der Waals surface area contributed by atoms with Crippen molar-refractivity contribution in [2.45, 2.75) is 39.2 Å². The van der Waals surface area contributed by atoms with Crippen molar-refractivity contribution in [3.8, 4) is 5.75 Å². The van der Waals surface area contributed by atoms with Crippen LogP contribution in [0, 0.1) is 10.1 Å². The van der Waals surface area contributed by atoms with Crippen LogP contribution < -0.4 is 15.0 Å². The van der Waals surface area contributed by atoms with Crippen molar-refractivity contribution < 1.29 is 19.2 Å². The summed E-state index contributed by atoms with van der Waals surface area (Å²) in [5, 5.41) is 14.3. The maximum Gasteiger partial charge on any atom is 0.294 e. The van der Waals surface area contributed by atoms with Crippen LogP contribution in [0.15, 0.2) is 36.4 Å². The summed E-state index contributed by atoms with van der Waals surface area (Å²) < 4.78 is 5.07. The third kappa shape index (κ3) is 3.41. The second-order valence-corrected chi connectivity index (χ2v) is 7.72. The van der Waals surface area contributed by atoms with E-state index in [1.165, 1.54) is 19.2 Å². The Hall–Kier alpha value is -3.42. The van der Waals surface area contributed by atoms with Crippen LogP contribution in [0.2, 0.25) is 0 Å². The number of fused-ring (bicyclic) bond motifs is 1. The second-order valence-electron chi connectivity index (χ2n) is 7.72. The van der Waals surface area contributed by atoms with Crippen LogP contribution in [-0.2, 0) is 10.2 Å². The van der Waals surface area contributed by atoms with E-state index in [1.807, 2.05) is 13.8 Å². The minimum atomic E-state index is -0.853. The Morgan fingerprint density at radius 2 is 1.83 bits per heavy atom. The minimum absolute atomic E-state index is 0.0565. The lowest BCUT2D eigenvalue weighted by molar-refractivity contribution is -0.383. The van der Waals surface area contributed by atoms with Crippen molar-refractivity contribution in [1.29, 1.82) is 0 Å². The first-order chi connectivity index (χ1) is 13.6. The summed E-state index contributed by atoms with van der Waals surface area (Å²) in [5.41, 5.74) is 0.424. The van der Waals surface area contributed by atoms with Gasteiger partial charge < -0.3 is 15.0 Å². The van der Waals surface area contributed by atoms with Gasteiger partial charge in [-0.2, -0.15) is 0 Å². The first-order valence-corrected chi connectivity index (χ1v) is 9.20. The van der Waals surface area contributed by atoms with Crippen LogP contribution in [0.4, 0.5) is 17.1 Å². The van der Waals surface area contributed by atoms with Crippen LogP contribution >= 0.6 is 0 Å². The van der Waals surface area contributed by atoms with Gasteiger partial charge in [0.2, 0.25) is 5.91 Å². The number of ether oxygens (including phenoxy) is 1. The molecule has 2 amide bonds. The van der Waals surface area contributed by atoms with E-state index < -0.39 is 16.2 Å². The Labute approximate surface area is 168 Å². The highest BCUT2D eigenvalue weighted by Gasteiger charge is 2.46. The Morgan fingerprint density at radius 1 is 1.21 bits per heavy atom. The van der Waals surface area contributed by atoms with Gasteiger partial charge in [-0.15, -0.1) is 0 Å². The smallest absolute Gasteiger partial charge is 0.294 e. The molecular formula is C21H23N3O5. The number of nitrogens with zero attached hydrogens (tertiary/aromatic N) is 2. The van der Waals surface area contributed by atoms with E-state index in [4.69, 9.17) is 4.74 Å². The minimum Gasteiger partial charge on any atom is -0.497 e. The number of carbonyl (C=O) groups excluding carboxylic acids is 2. The Kier molecular flexibility index (Phi) is 5.04. The molecule has 0 spiro atoms. The molecule has 0 radical (unpaired) electrons. The summed E-state index contributed by atoms with van der Waals surface area (Å²) in [6.07, 6.45) is 0. The molecule has 1 heterocycles. The summed E-state index contributed by atoms with van der Waals surface area (Å²) in [6, 6.07) is 9.16. The zero-order valence-electron chi connectivity index (χ0n) is 17.0. The molecular weight excluding hydrogens is 374 g/mol. The molecule has 0 unspecified atom stereocenters. The molecule has 0 bridgehead atoms. The van der Waals surface area contributed by atoms with Crippen molar-refractivity contribution in [3.63, 3.8) is 0 Å².